The normalized spacial score (nSPS) is 20.2. The Labute approximate surface area is 136 Å². The number of hydrogen-bond donors (Lipinski definition) is 2. The summed E-state index contributed by atoms with van der Waals surface area (Å²) >= 11 is 3.53. The number of rotatable bonds is 2. The van der Waals surface area contributed by atoms with E-state index < -0.39 is 0 Å². The Balaban J connectivity index is 2.13. The van der Waals surface area contributed by atoms with Gasteiger partial charge in [0, 0.05) is 28.8 Å². The molecule has 1 aromatic carbocycles. The Morgan fingerprint density at radius 1 is 1.29 bits per heavy atom. The molecule has 116 valence electrons. The zero-order chi connectivity index (χ0) is 15.6. The Kier molecular flexibility index (Phi) is 4.97. The maximum atomic E-state index is 7.56. The zero-order valence-electron chi connectivity index (χ0n) is 13.2. The molecule has 0 aromatic heterocycles. The van der Waals surface area contributed by atoms with E-state index in [0.29, 0.717) is 5.41 Å². The second-order valence-electron chi connectivity index (χ2n) is 7.06. The molecule has 0 bridgehead atoms. The first-order chi connectivity index (χ1) is 9.79. The Morgan fingerprint density at radius 3 is 2.57 bits per heavy atom. The van der Waals surface area contributed by atoms with Crippen LogP contribution in [-0.4, -0.2) is 18.9 Å². The molecule has 1 aliphatic heterocycles. The predicted octanol–water partition coefficient (Wildman–Crippen LogP) is 4.39. The lowest BCUT2D eigenvalue weighted by molar-refractivity contribution is 0.220. The van der Waals surface area contributed by atoms with Crippen LogP contribution in [0, 0.1) is 16.7 Å². The second kappa shape index (κ2) is 6.39. The monoisotopic (exact) mass is 351 g/mol. The molecule has 1 aromatic rings. The van der Waals surface area contributed by atoms with Gasteiger partial charge in [-0.2, -0.15) is 0 Å². The van der Waals surface area contributed by atoms with Crippen LogP contribution in [0.2, 0.25) is 0 Å². The average Bonchev–Trinajstić information content (AvgIpc) is 2.63. The summed E-state index contributed by atoms with van der Waals surface area (Å²) in [6.45, 7) is 9.27. The summed E-state index contributed by atoms with van der Waals surface area (Å²) in [5, 5.41) is 7.56. The van der Waals surface area contributed by atoms with Crippen molar-refractivity contribution in [3.05, 3.63) is 28.2 Å². The molecule has 1 unspecified atom stereocenters. The molecule has 1 fully saturated rings. The van der Waals surface area contributed by atoms with E-state index >= 15 is 0 Å². The first-order valence-electron chi connectivity index (χ1n) is 7.68. The van der Waals surface area contributed by atoms with E-state index in [4.69, 9.17) is 11.1 Å². The quantitative estimate of drug-likeness (QED) is 0.613. The number of hydrogen-bond acceptors (Lipinski definition) is 2. The van der Waals surface area contributed by atoms with Gasteiger partial charge in [-0.3, -0.25) is 5.41 Å². The first kappa shape index (κ1) is 16.3. The van der Waals surface area contributed by atoms with E-state index in [-0.39, 0.29) is 5.84 Å². The fraction of sp³-hybridized carbons (Fsp3) is 0.588. The third-order valence-corrected chi connectivity index (χ3v) is 5.22. The number of amidine groups is 1. The van der Waals surface area contributed by atoms with Gasteiger partial charge in [-0.15, -0.1) is 0 Å². The zero-order valence-corrected chi connectivity index (χ0v) is 14.8. The minimum absolute atomic E-state index is 0.108. The Hall–Kier alpha value is -1.03. The molecule has 0 radical (unpaired) electrons. The number of benzene rings is 1. The Bertz CT molecular complexity index is 519. The van der Waals surface area contributed by atoms with Crippen molar-refractivity contribution in [2.24, 2.45) is 17.1 Å². The number of nitrogens with two attached hydrogens (primary N) is 1. The van der Waals surface area contributed by atoms with Crippen molar-refractivity contribution in [1.29, 1.82) is 5.41 Å². The topological polar surface area (TPSA) is 53.1 Å². The SMILES string of the molecule is CC(C)(C)C1CCCN(c2ccc(C(=N)N)c(Br)c2)CC1. The number of nitrogen functional groups attached to an aromatic ring is 1. The van der Waals surface area contributed by atoms with Crippen molar-refractivity contribution in [3.8, 4) is 0 Å². The maximum Gasteiger partial charge on any atom is 0.123 e. The molecular weight excluding hydrogens is 326 g/mol. The molecule has 1 aliphatic rings. The molecule has 1 saturated heterocycles. The van der Waals surface area contributed by atoms with Crippen LogP contribution in [0.1, 0.15) is 45.6 Å². The lowest BCUT2D eigenvalue weighted by Crippen LogP contribution is -2.26. The molecule has 4 heteroatoms. The van der Waals surface area contributed by atoms with Crippen molar-refractivity contribution in [2.45, 2.75) is 40.0 Å². The van der Waals surface area contributed by atoms with Crippen molar-refractivity contribution in [1.82, 2.24) is 0 Å². The molecular formula is C17H26BrN3. The van der Waals surface area contributed by atoms with Crippen molar-refractivity contribution < 1.29 is 0 Å². The highest BCUT2D eigenvalue weighted by Gasteiger charge is 2.27. The summed E-state index contributed by atoms with van der Waals surface area (Å²) in [6, 6.07) is 6.11. The molecule has 0 spiro atoms. The van der Waals surface area contributed by atoms with E-state index in [1.54, 1.807) is 0 Å². The molecule has 3 nitrogen and oxygen atoms in total. The minimum atomic E-state index is 0.108. The summed E-state index contributed by atoms with van der Waals surface area (Å²) < 4.78 is 0.907. The fourth-order valence-corrected chi connectivity index (χ4v) is 3.72. The molecule has 3 N–H and O–H groups in total. The highest BCUT2D eigenvalue weighted by molar-refractivity contribution is 9.10. The first-order valence-corrected chi connectivity index (χ1v) is 8.47. The maximum absolute atomic E-state index is 7.56. The van der Waals surface area contributed by atoms with Gasteiger partial charge in [-0.1, -0.05) is 20.8 Å². The molecule has 0 aliphatic carbocycles. The van der Waals surface area contributed by atoms with Crippen LogP contribution < -0.4 is 10.6 Å². The van der Waals surface area contributed by atoms with Gasteiger partial charge in [0.05, 0.1) is 0 Å². The van der Waals surface area contributed by atoms with E-state index in [1.165, 1.54) is 24.9 Å². The predicted molar refractivity (Wildman–Crippen MR) is 94.2 cm³/mol. The van der Waals surface area contributed by atoms with Crippen LogP contribution in [0.25, 0.3) is 0 Å². The van der Waals surface area contributed by atoms with Gasteiger partial charge in [0.2, 0.25) is 0 Å². The van der Waals surface area contributed by atoms with Crippen LogP contribution in [-0.2, 0) is 0 Å². The summed E-state index contributed by atoms with van der Waals surface area (Å²) in [6.07, 6.45) is 3.80. The van der Waals surface area contributed by atoms with Gasteiger partial charge in [0.1, 0.15) is 5.84 Å². The van der Waals surface area contributed by atoms with E-state index in [1.807, 2.05) is 6.07 Å². The van der Waals surface area contributed by atoms with Crippen molar-refractivity contribution >= 4 is 27.5 Å². The second-order valence-corrected chi connectivity index (χ2v) is 7.91. The molecule has 2 rings (SSSR count). The molecule has 1 atom stereocenters. The van der Waals surface area contributed by atoms with Crippen LogP contribution in [0.5, 0.6) is 0 Å². The fourth-order valence-electron chi connectivity index (χ4n) is 3.14. The number of anilines is 1. The highest BCUT2D eigenvalue weighted by atomic mass is 79.9. The van der Waals surface area contributed by atoms with Gasteiger partial charge in [-0.05, 0) is 64.7 Å². The highest BCUT2D eigenvalue weighted by Crippen LogP contribution is 2.35. The molecule has 21 heavy (non-hydrogen) atoms. The van der Waals surface area contributed by atoms with Crippen LogP contribution >= 0.6 is 15.9 Å². The summed E-state index contributed by atoms with van der Waals surface area (Å²) in [5.41, 5.74) is 7.96. The number of nitrogens with zero attached hydrogens (tertiary/aromatic N) is 1. The van der Waals surface area contributed by atoms with Crippen LogP contribution in [0.15, 0.2) is 22.7 Å². The van der Waals surface area contributed by atoms with Gasteiger partial charge < -0.3 is 10.6 Å². The van der Waals surface area contributed by atoms with E-state index in [0.717, 1.165) is 29.0 Å². The molecule has 0 amide bonds. The molecule has 0 saturated carbocycles. The van der Waals surface area contributed by atoms with Crippen molar-refractivity contribution in [3.63, 3.8) is 0 Å². The van der Waals surface area contributed by atoms with Crippen LogP contribution in [0.4, 0.5) is 5.69 Å². The average molecular weight is 352 g/mol. The number of halogens is 1. The van der Waals surface area contributed by atoms with E-state index in [9.17, 15) is 0 Å². The summed E-state index contributed by atoms with van der Waals surface area (Å²) in [4.78, 5) is 2.46. The van der Waals surface area contributed by atoms with Gasteiger partial charge in [0.25, 0.3) is 0 Å². The third kappa shape index (κ3) is 4.00. The largest absolute Gasteiger partial charge is 0.384 e. The summed E-state index contributed by atoms with van der Waals surface area (Å²) in [5.74, 6) is 0.902. The van der Waals surface area contributed by atoms with Crippen molar-refractivity contribution in [2.75, 3.05) is 18.0 Å². The smallest absolute Gasteiger partial charge is 0.123 e. The number of nitrogens with one attached hydrogen (secondary N) is 1. The molecule has 1 heterocycles. The van der Waals surface area contributed by atoms with Gasteiger partial charge in [0.15, 0.2) is 0 Å². The lowest BCUT2D eigenvalue weighted by Gasteiger charge is -2.30. The van der Waals surface area contributed by atoms with Gasteiger partial charge >= 0.3 is 0 Å². The minimum Gasteiger partial charge on any atom is -0.384 e. The summed E-state index contributed by atoms with van der Waals surface area (Å²) in [7, 11) is 0. The lowest BCUT2D eigenvalue weighted by atomic mass is 9.77. The standard InChI is InChI=1S/C17H26BrN3/c1-17(2,3)12-5-4-9-21(10-8-12)13-6-7-14(16(19)20)15(18)11-13/h6-7,11-12H,4-5,8-10H2,1-3H3,(H3,19,20). The Morgan fingerprint density at radius 2 is 2.00 bits per heavy atom. The van der Waals surface area contributed by atoms with E-state index in [2.05, 4.69) is 53.7 Å². The third-order valence-electron chi connectivity index (χ3n) is 4.56. The van der Waals surface area contributed by atoms with Crippen LogP contribution in [0.3, 0.4) is 0 Å². The van der Waals surface area contributed by atoms with Gasteiger partial charge in [-0.25, -0.2) is 0 Å².